The van der Waals surface area contributed by atoms with Crippen molar-refractivity contribution in [3.05, 3.63) is 65.5 Å². The number of fused-ring (bicyclic) bond motifs is 2. The molecule has 2 saturated carbocycles. The largest absolute Gasteiger partial charge is 0.349 e. The van der Waals surface area contributed by atoms with Gasteiger partial charge in [0.15, 0.2) is 0 Å². The van der Waals surface area contributed by atoms with Crippen LogP contribution in [-0.2, 0) is 16.6 Å². The Morgan fingerprint density at radius 1 is 1.10 bits per heavy atom. The highest BCUT2D eigenvalue weighted by molar-refractivity contribution is 7.92. The number of sulfonamides is 1. The second-order valence-electron chi connectivity index (χ2n) is 8.16. The van der Waals surface area contributed by atoms with E-state index in [1.807, 2.05) is 0 Å². The maximum absolute atomic E-state index is 14.0. The Labute approximate surface area is 171 Å². The van der Waals surface area contributed by atoms with E-state index in [2.05, 4.69) is 5.32 Å². The molecule has 5 nitrogen and oxygen atoms in total. The second kappa shape index (κ2) is 7.78. The third-order valence-corrected chi connectivity index (χ3v) is 7.28. The molecule has 2 bridgehead atoms. The molecule has 0 heterocycles. The zero-order valence-electron chi connectivity index (χ0n) is 16.3. The maximum atomic E-state index is 14.0. The van der Waals surface area contributed by atoms with Crippen LogP contribution in [0.2, 0.25) is 0 Å². The highest BCUT2D eigenvalue weighted by Crippen LogP contribution is 2.44. The van der Waals surface area contributed by atoms with Crippen molar-refractivity contribution < 1.29 is 17.6 Å². The molecule has 2 aliphatic carbocycles. The number of halogens is 1. The number of rotatable bonds is 6. The van der Waals surface area contributed by atoms with E-state index in [-0.39, 0.29) is 24.1 Å². The molecule has 2 aromatic rings. The number of carbonyl (C=O) groups is 1. The van der Waals surface area contributed by atoms with E-state index in [4.69, 9.17) is 0 Å². The molecule has 0 aromatic heterocycles. The molecule has 0 radical (unpaired) electrons. The fraction of sp³-hybridized carbons (Fsp3) is 0.409. The molecule has 2 fully saturated rings. The van der Waals surface area contributed by atoms with Crippen molar-refractivity contribution in [3.63, 3.8) is 0 Å². The normalized spacial score (nSPS) is 23.2. The number of benzene rings is 2. The molecule has 29 heavy (non-hydrogen) atoms. The molecule has 0 aliphatic heterocycles. The Balaban J connectivity index is 1.50. The molecule has 4 rings (SSSR count). The van der Waals surface area contributed by atoms with Crippen molar-refractivity contribution >= 4 is 21.6 Å². The van der Waals surface area contributed by atoms with E-state index in [0.717, 1.165) is 22.9 Å². The Morgan fingerprint density at radius 3 is 2.41 bits per heavy atom. The van der Waals surface area contributed by atoms with Gasteiger partial charge < -0.3 is 5.32 Å². The van der Waals surface area contributed by atoms with Crippen molar-refractivity contribution in [3.8, 4) is 0 Å². The first-order valence-electron chi connectivity index (χ1n) is 9.93. The van der Waals surface area contributed by atoms with Crippen LogP contribution in [0.15, 0.2) is 48.5 Å². The van der Waals surface area contributed by atoms with Gasteiger partial charge in [-0.25, -0.2) is 12.8 Å². The molecule has 0 spiro atoms. The summed E-state index contributed by atoms with van der Waals surface area (Å²) in [4.78, 5) is 12.6. The summed E-state index contributed by atoms with van der Waals surface area (Å²) in [6, 6.07) is 12.8. The minimum atomic E-state index is -3.62. The Morgan fingerprint density at radius 2 is 1.83 bits per heavy atom. The van der Waals surface area contributed by atoms with Crippen LogP contribution in [0.5, 0.6) is 0 Å². The molecule has 7 heteroatoms. The lowest BCUT2D eigenvalue weighted by atomic mass is 9.95. The predicted molar refractivity (Wildman–Crippen MR) is 111 cm³/mol. The summed E-state index contributed by atoms with van der Waals surface area (Å²) in [5.74, 6) is 0.746. The standard InChI is InChI=1S/C22H25FN2O3S/c1-29(27,28)25(14-18-4-2-3-5-20(18)23)19-10-8-16(9-11-19)22(26)24-21-13-15-6-7-17(21)12-15/h2-5,8-11,15,17,21H,6-7,12-14H2,1H3,(H,24,26)/t15-,17-,21-/m0/s1. The third kappa shape index (κ3) is 4.29. The summed E-state index contributed by atoms with van der Waals surface area (Å²) in [6.45, 7) is -0.109. The van der Waals surface area contributed by atoms with Crippen molar-refractivity contribution in [1.29, 1.82) is 0 Å². The van der Waals surface area contributed by atoms with Crippen LogP contribution in [0.3, 0.4) is 0 Å². The van der Waals surface area contributed by atoms with Gasteiger partial charge in [0, 0.05) is 17.2 Å². The molecule has 1 amide bonds. The second-order valence-corrected chi connectivity index (χ2v) is 10.1. The van der Waals surface area contributed by atoms with Crippen molar-refractivity contribution in [1.82, 2.24) is 5.32 Å². The number of hydrogen-bond acceptors (Lipinski definition) is 3. The summed E-state index contributed by atoms with van der Waals surface area (Å²) in [6.07, 6.45) is 5.81. The van der Waals surface area contributed by atoms with Crippen molar-refractivity contribution in [2.45, 2.75) is 38.3 Å². The number of carbonyl (C=O) groups excluding carboxylic acids is 1. The number of amides is 1. The average molecular weight is 417 g/mol. The molecule has 0 unspecified atom stereocenters. The smallest absolute Gasteiger partial charge is 0.251 e. The molecule has 154 valence electrons. The van der Waals surface area contributed by atoms with E-state index in [1.165, 1.54) is 25.3 Å². The fourth-order valence-electron chi connectivity index (χ4n) is 4.63. The van der Waals surface area contributed by atoms with Crippen molar-refractivity contribution in [2.24, 2.45) is 11.8 Å². The summed E-state index contributed by atoms with van der Waals surface area (Å²) in [5.41, 5.74) is 1.18. The fourth-order valence-corrected chi connectivity index (χ4v) is 5.51. The molecule has 2 aromatic carbocycles. The van der Waals surface area contributed by atoms with Crippen LogP contribution in [0.25, 0.3) is 0 Å². The summed E-state index contributed by atoms with van der Waals surface area (Å²) in [7, 11) is -3.62. The van der Waals surface area contributed by atoms with Gasteiger partial charge in [-0.3, -0.25) is 9.10 Å². The van der Waals surface area contributed by atoms with Gasteiger partial charge in [0.25, 0.3) is 5.91 Å². The lowest BCUT2D eigenvalue weighted by Gasteiger charge is -2.24. The topological polar surface area (TPSA) is 66.5 Å². The summed E-state index contributed by atoms with van der Waals surface area (Å²) < 4.78 is 39.7. The van der Waals surface area contributed by atoms with Gasteiger partial charge in [-0.2, -0.15) is 0 Å². The molecule has 3 atom stereocenters. The monoisotopic (exact) mass is 416 g/mol. The van der Waals surface area contributed by atoms with Gasteiger partial charge in [-0.05, 0) is 61.4 Å². The first-order valence-corrected chi connectivity index (χ1v) is 11.8. The Hall–Kier alpha value is -2.41. The number of anilines is 1. The first kappa shape index (κ1) is 19.9. The number of nitrogens with zero attached hydrogens (tertiary/aromatic N) is 1. The zero-order valence-corrected chi connectivity index (χ0v) is 17.2. The minimum Gasteiger partial charge on any atom is -0.349 e. The predicted octanol–water partition coefficient (Wildman–Crippen LogP) is 3.71. The highest BCUT2D eigenvalue weighted by atomic mass is 32.2. The van der Waals surface area contributed by atoms with Crippen LogP contribution >= 0.6 is 0 Å². The zero-order chi connectivity index (χ0) is 20.6. The van der Waals surface area contributed by atoms with E-state index in [0.29, 0.717) is 17.2 Å². The molecular formula is C22H25FN2O3S. The highest BCUT2D eigenvalue weighted by Gasteiger charge is 2.40. The van der Waals surface area contributed by atoms with E-state index >= 15 is 0 Å². The van der Waals surface area contributed by atoms with Crippen LogP contribution in [0.4, 0.5) is 10.1 Å². The third-order valence-electron chi connectivity index (χ3n) is 6.14. The number of hydrogen-bond donors (Lipinski definition) is 1. The molecule has 2 aliphatic rings. The van der Waals surface area contributed by atoms with Gasteiger partial charge in [-0.1, -0.05) is 24.6 Å². The van der Waals surface area contributed by atoms with E-state index < -0.39 is 15.8 Å². The number of nitrogens with one attached hydrogen (secondary N) is 1. The van der Waals surface area contributed by atoms with Crippen LogP contribution in [-0.4, -0.2) is 26.6 Å². The molecular weight excluding hydrogens is 391 g/mol. The van der Waals surface area contributed by atoms with Gasteiger partial charge in [-0.15, -0.1) is 0 Å². The van der Waals surface area contributed by atoms with Crippen molar-refractivity contribution in [2.75, 3.05) is 10.6 Å². The first-order chi connectivity index (χ1) is 13.8. The maximum Gasteiger partial charge on any atom is 0.251 e. The summed E-state index contributed by atoms with van der Waals surface area (Å²) in [5, 5.41) is 3.13. The lowest BCUT2D eigenvalue weighted by Crippen LogP contribution is -2.38. The van der Waals surface area contributed by atoms with Gasteiger partial charge in [0.2, 0.25) is 10.0 Å². The van der Waals surface area contributed by atoms with E-state index in [1.54, 1.807) is 42.5 Å². The van der Waals surface area contributed by atoms with Crippen LogP contribution in [0, 0.1) is 17.7 Å². The van der Waals surface area contributed by atoms with Crippen LogP contribution < -0.4 is 9.62 Å². The average Bonchev–Trinajstić information content (AvgIpc) is 3.30. The van der Waals surface area contributed by atoms with Gasteiger partial charge in [0.05, 0.1) is 18.5 Å². The Kier molecular flexibility index (Phi) is 5.34. The molecule has 1 N–H and O–H groups in total. The van der Waals surface area contributed by atoms with Crippen LogP contribution in [0.1, 0.15) is 41.6 Å². The lowest BCUT2D eigenvalue weighted by molar-refractivity contribution is 0.0923. The van der Waals surface area contributed by atoms with Gasteiger partial charge in [0.1, 0.15) is 5.82 Å². The SMILES string of the molecule is CS(=O)(=O)N(Cc1ccccc1F)c1ccc(C(=O)N[C@H]2C[C@H]3CC[C@H]2C3)cc1. The van der Waals surface area contributed by atoms with Gasteiger partial charge >= 0.3 is 0 Å². The minimum absolute atomic E-state index is 0.109. The Bertz CT molecular complexity index is 1010. The quantitative estimate of drug-likeness (QED) is 0.781. The molecule has 0 saturated heterocycles. The van der Waals surface area contributed by atoms with E-state index in [9.17, 15) is 17.6 Å². The summed E-state index contributed by atoms with van der Waals surface area (Å²) >= 11 is 0.